The molecule has 5 rings (SSSR count). The molecule has 35 heavy (non-hydrogen) atoms. The van der Waals surface area contributed by atoms with E-state index in [1.807, 2.05) is 24.3 Å². The molecule has 2 heterocycles. The van der Waals surface area contributed by atoms with E-state index in [9.17, 15) is 19.5 Å². The summed E-state index contributed by atoms with van der Waals surface area (Å²) in [6, 6.07) is 15.4. The van der Waals surface area contributed by atoms with Crippen LogP contribution in [0.5, 0.6) is 0 Å². The third-order valence-corrected chi connectivity index (χ3v) is 7.33. The zero-order valence-corrected chi connectivity index (χ0v) is 19.5. The number of benzene rings is 2. The van der Waals surface area contributed by atoms with Gasteiger partial charge < -0.3 is 24.8 Å². The van der Waals surface area contributed by atoms with Crippen LogP contribution in [0.25, 0.3) is 11.1 Å². The molecule has 0 saturated carbocycles. The molecule has 8 heteroatoms. The quantitative estimate of drug-likeness (QED) is 0.563. The first-order chi connectivity index (χ1) is 17.0. The van der Waals surface area contributed by atoms with Gasteiger partial charge in [-0.15, -0.1) is 0 Å². The third kappa shape index (κ3) is 4.62. The summed E-state index contributed by atoms with van der Waals surface area (Å²) in [6.07, 6.45) is 1.80. The number of amides is 2. The largest absolute Gasteiger partial charge is 0.480 e. The topological polar surface area (TPSA) is 105 Å². The second-order valence-electron chi connectivity index (χ2n) is 9.37. The average molecular weight is 479 g/mol. The summed E-state index contributed by atoms with van der Waals surface area (Å²) >= 11 is 0. The maximum Gasteiger partial charge on any atom is 0.407 e. The van der Waals surface area contributed by atoms with Crippen molar-refractivity contribution >= 4 is 18.0 Å². The van der Waals surface area contributed by atoms with Crippen molar-refractivity contribution in [3.8, 4) is 11.1 Å². The molecule has 2 N–H and O–H groups in total. The molecule has 0 spiro atoms. The lowest BCUT2D eigenvalue weighted by molar-refractivity contribution is -0.149. The van der Waals surface area contributed by atoms with Gasteiger partial charge in [0.15, 0.2) is 0 Å². The predicted octanol–water partition coefficient (Wildman–Crippen LogP) is 3.54. The second kappa shape index (κ2) is 10.1. The number of rotatable bonds is 8. The summed E-state index contributed by atoms with van der Waals surface area (Å²) in [7, 11) is 0. The van der Waals surface area contributed by atoms with E-state index in [4.69, 9.17) is 9.47 Å². The van der Waals surface area contributed by atoms with Crippen molar-refractivity contribution in [2.75, 3.05) is 19.8 Å². The third-order valence-electron chi connectivity index (χ3n) is 7.33. The summed E-state index contributed by atoms with van der Waals surface area (Å²) in [5.41, 5.74) is 4.69. The molecule has 0 aromatic heterocycles. The Morgan fingerprint density at radius 1 is 1.03 bits per heavy atom. The Balaban J connectivity index is 1.06. The van der Waals surface area contributed by atoms with Gasteiger partial charge in [-0.25, -0.2) is 9.59 Å². The highest BCUT2D eigenvalue weighted by atomic mass is 16.5. The summed E-state index contributed by atoms with van der Waals surface area (Å²) in [5, 5.41) is 12.2. The first-order valence-corrected chi connectivity index (χ1v) is 12.3. The van der Waals surface area contributed by atoms with Crippen LogP contribution >= 0.6 is 0 Å². The van der Waals surface area contributed by atoms with Crippen LogP contribution in [0.15, 0.2) is 48.5 Å². The monoisotopic (exact) mass is 478 g/mol. The Kier molecular flexibility index (Phi) is 6.72. The SMILES string of the molecule is O=C(NCCCCC(=O)N1C(C(=O)O)C[C@H]2OCC[C@H]21)OCC1c2ccccc2-c2ccccc21. The molecule has 1 unspecified atom stereocenters. The fourth-order valence-electron chi connectivity index (χ4n) is 5.69. The molecule has 2 aromatic rings. The lowest BCUT2D eigenvalue weighted by Gasteiger charge is -2.26. The lowest BCUT2D eigenvalue weighted by atomic mass is 9.98. The maximum atomic E-state index is 12.7. The molecule has 0 bridgehead atoms. The molecule has 0 radical (unpaired) electrons. The molecule has 3 aliphatic rings. The van der Waals surface area contributed by atoms with Crippen LogP contribution in [0.2, 0.25) is 0 Å². The van der Waals surface area contributed by atoms with E-state index in [0.29, 0.717) is 38.8 Å². The minimum atomic E-state index is -0.978. The molecule has 184 valence electrons. The molecule has 2 aromatic carbocycles. The number of aliphatic carboxylic acids is 1. The van der Waals surface area contributed by atoms with E-state index >= 15 is 0 Å². The maximum absolute atomic E-state index is 12.7. The van der Waals surface area contributed by atoms with E-state index in [-0.39, 0.29) is 37.0 Å². The number of carbonyl (C=O) groups is 3. The molecule has 1 aliphatic carbocycles. The van der Waals surface area contributed by atoms with Gasteiger partial charge in [-0.3, -0.25) is 4.79 Å². The smallest absolute Gasteiger partial charge is 0.407 e. The summed E-state index contributed by atoms with van der Waals surface area (Å²) < 4.78 is 11.1. The number of unbranched alkanes of at least 4 members (excludes halogenated alkanes) is 1. The first kappa shape index (κ1) is 23.4. The molecule has 2 fully saturated rings. The van der Waals surface area contributed by atoms with E-state index in [1.165, 1.54) is 16.0 Å². The summed E-state index contributed by atoms with van der Waals surface area (Å²) in [4.78, 5) is 38.1. The fourth-order valence-corrected chi connectivity index (χ4v) is 5.69. The number of alkyl carbamates (subject to hydrolysis) is 1. The standard InChI is InChI=1S/C27H30N2O6/c30-25(29-22-12-14-34-24(22)15-23(29)26(31)32)11-5-6-13-28-27(33)35-16-21-19-9-3-1-7-17(19)18-8-2-4-10-20(18)21/h1-4,7-10,21-24H,5-6,11-16H2,(H,28,33)(H,31,32)/t22-,23?,24-/m1/s1. The fraction of sp³-hybridized carbons (Fsp3) is 0.444. The van der Waals surface area contributed by atoms with E-state index < -0.39 is 18.1 Å². The number of hydrogen-bond acceptors (Lipinski definition) is 5. The van der Waals surface area contributed by atoms with Crippen LogP contribution in [0, 0.1) is 0 Å². The molecule has 2 aliphatic heterocycles. The van der Waals surface area contributed by atoms with E-state index in [0.717, 1.165) is 11.1 Å². The van der Waals surface area contributed by atoms with Gasteiger partial charge in [-0.2, -0.15) is 0 Å². The molecular formula is C27H30N2O6. The molecule has 2 saturated heterocycles. The van der Waals surface area contributed by atoms with E-state index in [2.05, 4.69) is 29.6 Å². The zero-order chi connectivity index (χ0) is 24.4. The highest BCUT2D eigenvalue weighted by molar-refractivity contribution is 5.85. The summed E-state index contributed by atoms with van der Waals surface area (Å²) in [6.45, 7) is 1.21. The van der Waals surface area contributed by atoms with Gasteiger partial charge in [-0.05, 0) is 41.5 Å². The Hall–Kier alpha value is -3.39. The first-order valence-electron chi connectivity index (χ1n) is 12.3. The molecular weight excluding hydrogens is 448 g/mol. The van der Waals surface area contributed by atoms with Gasteiger partial charge >= 0.3 is 12.1 Å². The normalized spacial score (nSPS) is 22.4. The second-order valence-corrected chi connectivity index (χ2v) is 9.37. The number of nitrogens with zero attached hydrogens (tertiary/aromatic N) is 1. The van der Waals surface area contributed by atoms with Crippen molar-refractivity contribution in [2.24, 2.45) is 0 Å². The minimum absolute atomic E-state index is 0.0109. The number of ether oxygens (including phenoxy) is 2. The number of carboxylic acids is 1. The number of nitrogens with one attached hydrogen (secondary N) is 1. The van der Waals surface area contributed by atoms with Gasteiger partial charge in [-0.1, -0.05) is 48.5 Å². The van der Waals surface area contributed by atoms with Crippen LogP contribution in [0.1, 0.15) is 49.1 Å². The van der Waals surface area contributed by atoms with Crippen LogP contribution in [-0.2, 0) is 19.1 Å². The highest BCUT2D eigenvalue weighted by Gasteiger charge is 2.49. The van der Waals surface area contributed by atoms with Gasteiger partial charge in [0.25, 0.3) is 0 Å². The molecule has 2 amide bonds. The van der Waals surface area contributed by atoms with Crippen LogP contribution in [-0.4, -0.2) is 65.9 Å². The Morgan fingerprint density at radius 3 is 2.40 bits per heavy atom. The Morgan fingerprint density at radius 2 is 1.71 bits per heavy atom. The average Bonchev–Trinajstić information content (AvgIpc) is 3.54. The summed E-state index contributed by atoms with van der Waals surface area (Å²) in [5.74, 6) is -1.12. The Labute approximate surface area is 204 Å². The number of fused-ring (bicyclic) bond motifs is 4. The van der Waals surface area contributed by atoms with Crippen LogP contribution in [0.3, 0.4) is 0 Å². The number of hydrogen-bond donors (Lipinski definition) is 2. The van der Waals surface area contributed by atoms with Gasteiger partial charge in [0.1, 0.15) is 12.6 Å². The highest BCUT2D eigenvalue weighted by Crippen LogP contribution is 2.44. The Bertz CT molecular complexity index is 1070. The van der Waals surface area contributed by atoms with Gasteiger partial charge in [0, 0.05) is 31.9 Å². The molecule has 3 atom stereocenters. The van der Waals surface area contributed by atoms with Gasteiger partial charge in [0.2, 0.25) is 5.91 Å². The van der Waals surface area contributed by atoms with Crippen molar-refractivity contribution in [1.29, 1.82) is 0 Å². The van der Waals surface area contributed by atoms with Gasteiger partial charge in [0.05, 0.1) is 12.1 Å². The van der Waals surface area contributed by atoms with E-state index in [1.54, 1.807) is 0 Å². The molecule has 8 nitrogen and oxygen atoms in total. The minimum Gasteiger partial charge on any atom is -0.480 e. The van der Waals surface area contributed by atoms with Crippen molar-refractivity contribution in [3.05, 3.63) is 59.7 Å². The van der Waals surface area contributed by atoms with Crippen molar-refractivity contribution < 1.29 is 29.0 Å². The zero-order valence-electron chi connectivity index (χ0n) is 19.5. The van der Waals surface area contributed by atoms with Crippen molar-refractivity contribution in [3.63, 3.8) is 0 Å². The number of carboxylic acid groups (broad SMARTS) is 1. The predicted molar refractivity (Wildman–Crippen MR) is 128 cm³/mol. The van der Waals surface area contributed by atoms with Crippen molar-refractivity contribution in [1.82, 2.24) is 10.2 Å². The van der Waals surface area contributed by atoms with Crippen LogP contribution < -0.4 is 5.32 Å². The number of carbonyl (C=O) groups excluding carboxylic acids is 2. The van der Waals surface area contributed by atoms with Crippen molar-refractivity contribution in [2.45, 2.75) is 56.2 Å². The van der Waals surface area contributed by atoms with Crippen LogP contribution in [0.4, 0.5) is 4.79 Å². The number of likely N-dealkylation sites (tertiary alicyclic amines) is 1. The lowest BCUT2D eigenvalue weighted by Crippen LogP contribution is -2.45.